The highest BCUT2D eigenvalue weighted by molar-refractivity contribution is 7.99. The van der Waals surface area contributed by atoms with E-state index in [9.17, 15) is 0 Å². The van der Waals surface area contributed by atoms with E-state index in [1.807, 2.05) is 11.8 Å². The second-order valence-electron chi connectivity index (χ2n) is 5.38. The average molecular weight is 288 g/mol. The Kier molecular flexibility index (Phi) is 6.22. The fourth-order valence-corrected chi connectivity index (χ4v) is 2.97. The predicted octanol–water partition coefficient (Wildman–Crippen LogP) is 4.03. The van der Waals surface area contributed by atoms with Gasteiger partial charge in [-0.3, -0.25) is 0 Å². The van der Waals surface area contributed by atoms with E-state index in [0.29, 0.717) is 5.92 Å². The van der Waals surface area contributed by atoms with E-state index in [0.717, 1.165) is 25.4 Å². The van der Waals surface area contributed by atoms with Gasteiger partial charge in [0, 0.05) is 35.6 Å². The monoisotopic (exact) mass is 288 g/mol. The lowest BCUT2D eigenvalue weighted by molar-refractivity contribution is 0.538. The number of rotatable bonds is 8. The number of hydrogen-bond acceptors (Lipinski definition) is 2. The number of nitrogens with zero attached hydrogens (tertiary/aromatic N) is 1. The molecule has 0 radical (unpaired) electrons. The first-order valence-corrected chi connectivity index (χ1v) is 8.27. The molecule has 0 amide bonds. The van der Waals surface area contributed by atoms with E-state index in [1.165, 1.54) is 10.6 Å². The molecule has 0 bridgehead atoms. The van der Waals surface area contributed by atoms with E-state index in [2.05, 4.69) is 72.4 Å². The highest BCUT2D eigenvalue weighted by Crippen LogP contribution is 2.17. The normalized spacial score (nSPS) is 11.2. The summed E-state index contributed by atoms with van der Waals surface area (Å²) in [5.41, 5.74) is 1.37. The third-order valence-corrected chi connectivity index (χ3v) is 4.12. The first kappa shape index (κ1) is 15.2. The molecule has 0 fully saturated rings. The second kappa shape index (κ2) is 8.18. The van der Waals surface area contributed by atoms with Crippen molar-refractivity contribution in [2.45, 2.75) is 31.8 Å². The Morgan fingerprint density at radius 3 is 2.65 bits per heavy atom. The van der Waals surface area contributed by atoms with Crippen molar-refractivity contribution >= 4 is 11.8 Å². The smallest absolute Gasteiger partial charge is 0.0359 e. The Balaban J connectivity index is 1.77. The number of thioether (sulfide) groups is 1. The largest absolute Gasteiger partial charge is 0.349 e. The summed E-state index contributed by atoms with van der Waals surface area (Å²) in [6, 6.07) is 14.9. The summed E-state index contributed by atoms with van der Waals surface area (Å²) in [6.45, 7) is 7.57. The Labute approximate surface area is 126 Å². The highest BCUT2D eigenvalue weighted by Gasteiger charge is 2.01. The summed E-state index contributed by atoms with van der Waals surface area (Å²) in [6.07, 6.45) is 2.18. The van der Waals surface area contributed by atoms with Crippen molar-refractivity contribution in [3.63, 3.8) is 0 Å². The van der Waals surface area contributed by atoms with Gasteiger partial charge in [0.25, 0.3) is 0 Å². The van der Waals surface area contributed by atoms with E-state index < -0.39 is 0 Å². The molecule has 1 heterocycles. The van der Waals surface area contributed by atoms with Crippen molar-refractivity contribution in [3.05, 3.63) is 54.4 Å². The van der Waals surface area contributed by atoms with Gasteiger partial charge < -0.3 is 9.88 Å². The van der Waals surface area contributed by atoms with Gasteiger partial charge in [-0.15, -0.1) is 11.8 Å². The van der Waals surface area contributed by atoms with Gasteiger partial charge in [-0.05, 0) is 36.7 Å². The molecular weight excluding hydrogens is 264 g/mol. The van der Waals surface area contributed by atoms with E-state index in [-0.39, 0.29) is 0 Å². The van der Waals surface area contributed by atoms with Crippen LogP contribution in [0.25, 0.3) is 0 Å². The lowest BCUT2D eigenvalue weighted by atomic mass is 10.2. The van der Waals surface area contributed by atoms with Crippen molar-refractivity contribution in [2.75, 3.05) is 12.3 Å². The number of aryl methyl sites for hydroxylation is 1. The van der Waals surface area contributed by atoms with Gasteiger partial charge in [-0.25, -0.2) is 0 Å². The van der Waals surface area contributed by atoms with Crippen LogP contribution in [0.3, 0.4) is 0 Å². The van der Waals surface area contributed by atoms with Crippen LogP contribution in [-0.2, 0) is 13.1 Å². The molecule has 108 valence electrons. The minimum Gasteiger partial charge on any atom is -0.349 e. The molecule has 0 aliphatic rings. The summed E-state index contributed by atoms with van der Waals surface area (Å²) in [5.74, 6) is 1.81. The molecule has 2 nitrogen and oxygen atoms in total. The maximum atomic E-state index is 3.51. The van der Waals surface area contributed by atoms with Crippen LogP contribution in [0.5, 0.6) is 0 Å². The standard InChI is InChI=1S/C17H24N2S/c1-15(2)13-18-14-16-7-6-10-19(16)11-12-20-17-8-4-3-5-9-17/h3-10,15,18H,11-14H2,1-2H3. The van der Waals surface area contributed by atoms with Crippen LogP contribution in [0.15, 0.2) is 53.6 Å². The molecule has 2 aromatic rings. The van der Waals surface area contributed by atoms with Crippen molar-refractivity contribution in [3.8, 4) is 0 Å². The van der Waals surface area contributed by atoms with E-state index in [4.69, 9.17) is 0 Å². The lowest BCUT2D eigenvalue weighted by Gasteiger charge is -2.11. The van der Waals surface area contributed by atoms with Gasteiger partial charge in [-0.1, -0.05) is 32.0 Å². The summed E-state index contributed by atoms with van der Waals surface area (Å²) in [7, 11) is 0. The van der Waals surface area contributed by atoms with Gasteiger partial charge in [0.15, 0.2) is 0 Å². The molecule has 0 aliphatic heterocycles. The number of hydrogen-bond donors (Lipinski definition) is 1. The fraction of sp³-hybridized carbons (Fsp3) is 0.412. The van der Waals surface area contributed by atoms with E-state index in [1.54, 1.807) is 0 Å². The van der Waals surface area contributed by atoms with Crippen molar-refractivity contribution in [2.24, 2.45) is 5.92 Å². The summed E-state index contributed by atoms with van der Waals surface area (Å²) in [4.78, 5) is 1.35. The van der Waals surface area contributed by atoms with Gasteiger partial charge in [-0.2, -0.15) is 0 Å². The summed E-state index contributed by atoms with van der Waals surface area (Å²) < 4.78 is 2.35. The van der Waals surface area contributed by atoms with Crippen LogP contribution >= 0.6 is 11.8 Å². The zero-order valence-corrected chi connectivity index (χ0v) is 13.2. The van der Waals surface area contributed by atoms with Crippen molar-refractivity contribution < 1.29 is 0 Å². The molecule has 0 spiro atoms. The first-order chi connectivity index (χ1) is 9.75. The number of aromatic nitrogens is 1. The molecule has 0 saturated carbocycles. The zero-order chi connectivity index (χ0) is 14.2. The predicted molar refractivity (Wildman–Crippen MR) is 88.1 cm³/mol. The topological polar surface area (TPSA) is 17.0 Å². The minimum atomic E-state index is 0.701. The zero-order valence-electron chi connectivity index (χ0n) is 12.4. The molecule has 0 unspecified atom stereocenters. The van der Waals surface area contributed by atoms with Gasteiger partial charge in [0.1, 0.15) is 0 Å². The van der Waals surface area contributed by atoms with Crippen LogP contribution in [-0.4, -0.2) is 16.9 Å². The quantitative estimate of drug-likeness (QED) is 0.739. The van der Waals surface area contributed by atoms with Crippen LogP contribution in [0.1, 0.15) is 19.5 Å². The molecule has 1 aromatic carbocycles. The Morgan fingerprint density at radius 2 is 1.90 bits per heavy atom. The molecule has 0 aliphatic carbocycles. The third kappa shape index (κ3) is 5.06. The molecule has 0 saturated heterocycles. The molecule has 0 atom stereocenters. The van der Waals surface area contributed by atoms with Crippen LogP contribution in [0.4, 0.5) is 0 Å². The first-order valence-electron chi connectivity index (χ1n) is 7.28. The lowest BCUT2D eigenvalue weighted by Crippen LogP contribution is -2.21. The average Bonchev–Trinajstić information content (AvgIpc) is 2.87. The minimum absolute atomic E-state index is 0.701. The second-order valence-corrected chi connectivity index (χ2v) is 6.55. The van der Waals surface area contributed by atoms with Gasteiger partial charge >= 0.3 is 0 Å². The Hall–Kier alpha value is -1.19. The van der Waals surface area contributed by atoms with E-state index >= 15 is 0 Å². The molecule has 1 aromatic heterocycles. The highest BCUT2D eigenvalue weighted by atomic mass is 32.2. The fourth-order valence-electron chi connectivity index (χ4n) is 2.10. The summed E-state index contributed by atoms with van der Waals surface area (Å²) in [5, 5.41) is 3.51. The SMILES string of the molecule is CC(C)CNCc1cccn1CCSc1ccccc1. The van der Waals surface area contributed by atoms with Gasteiger partial charge in [0.2, 0.25) is 0 Å². The molecule has 1 N–H and O–H groups in total. The van der Waals surface area contributed by atoms with Crippen LogP contribution in [0.2, 0.25) is 0 Å². The van der Waals surface area contributed by atoms with Gasteiger partial charge in [0.05, 0.1) is 0 Å². The maximum Gasteiger partial charge on any atom is 0.0359 e. The molecule has 3 heteroatoms. The maximum absolute atomic E-state index is 3.51. The summed E-state index contributed by atoms with van der Waals surface area (Å²) >= 11 is 1.91. The van der Waals surface area contributed by atoms with Crippen molar-refractivity contribution in [1.29, 1.82) is 0 Å². The van der Waals surface area contributed by atoms with Crippen LogP contribution in [0, 0.1) is 5.92 Å². The third-order valence-electron chi connectivity index (χ3n) is 3.13. The van der Waals surface area contributed by atoms with Crippen LogP contribution < -0.4 is 5.32 Å². The molecular formula is C17H24N2S. The number of benzene rings is 1. The molecule has 20 heavy (non-hydrogen) atoms. The Morgan fingerprint density at radius 1 is 1.10 bits per heavy atom. The number of nitrogens with one attached hydrogen (secondary N) is 1. The van der Waals surface area contributed by atoms with Crippen molar-refractivity contribution in [1.82, 2.24) is 9.88 Å². The molecule has 2 rings (SSSR count). The Bertz CT molecular complexity index is 491.